The van der Waals surface area contributed by atoms with Gasteiger partial charge < -0.3 is 14.8 Å². The van der Waals surface area contributed by atoms with Gasteiger partial charge in [-0.05, 0) is 32.0 Å². The molecule has 3 atom stereocenters. The maximum absolute atomic E-state index is 5.97. The third-order valence-electron chi connectivity index (χ3n) is 4.51. The van der Waals surface area contributed by atoms with Gasteiger partial charge in [0.05, 0.1) is 12.7 Å². The van der Waals surface area contributed by atoms with Crippen LogP contribution in [-0.2, 0) is 4.74 Å². The van der Waals surface area contributed by atoms with E-state index in [0.717, 1.165) is 18.6 Å². The highest BCUT2D eigenvalue weighted by Gasteiger charge is 2.50. The summed E-state index contributed by atoms with van der Waals surface area (Å²) in [4.78, 5) is 0. The number of benzene rings is 1. The standard InChI is InChI=1S/C16H25NO2/c1-4-16(2)14(17-3)12-15(16)19-11-10-18-13-8-6-5-7-9-13/h5-9,14-15,17H,4,10-12H2,1-3H3. The first-order chi connectivity index (χ1) is 9.20. The van der Waals surface area contributed by atoms with Crippen molar-refractivity contribution in [2.45, 2.75) is 38.8 Å². The summed E-state index contributed by atoms with van der Waals surface area (Å²) in [5, 5.41) is 3.38. The molecular weight excluding hydrogens is 238 g/mol. The van der Waals surface area contributed by atoms with Crippen LogP contribution < -0.4 is 10.1 Å². The van der Waals surface area contributed by atoms with Crippen molar-refractivity contribution in [2.24, 2.45) is 5.41 Å². The molecule has 3 unspecified atom stereocenters. The first-order valence-electron chi connectivity index (χ1n) is 7.17. The Morgan fingerprint density at radius 1 is 1.26 bits per heavy atom. The van der Waals surface area contributed by atoms with Gasteiger partial charge in [0, 0.05) is 11.5 Å². The molecule has 0 bridgehead atoms. The second-order valence-electron chi connectivity index (χ2n) is 5.46. The smallest absolute Gasteiger partial charge is 0.119 e. The lowest BCUT2D eigenvalue weighted by Gasteiger charge is -2.53. The molecule has 0 spiro atoms. The van der Waals surface area contributed by atoms with Crippen LogP contribution in [0.5, 0.6) is 5.75 Å². The van der Waals surface area contributed by atoms with Gasteiger partial charge in [-0.25, -0.2) is 0 Å². The maximum atomic E-state index is 5.97. The summed E-state index contributed by atoms with van der Waals surface area (Å²) in [7, 11) is 2.04. The van der Waals surface area contributed by atoms with Crippen LogP contribution in [0.1, 0.15) is 26.7 Å². The number of para-hydroxylation sites is 1. The Morgan fingerprint density at radius 3 is 2.63 bits per heavy atom. The average Bonchev–Trinajstić information content (AvgIpc) is 2.45. The highest BCUT2D eigenvalue weighted by atomic mass is 16.5. The highest BCUT2D eigenvalue weighted by molar-refractivity contribution is 5.20. The average molecular weight is 263 g/mol. The summed E-state index contributed by atoms with van der Waals surface area (Å²) in [6, 6.07) is 10.5. The van der Waals surface area contributed by atoms with Gasteiger partial charge in [-0.15, -0.1) is 0 Å². The molecule has 1 aliphatic rings. The number of hydrogen-bond acceptors (Lipinski definition) is 3. The van der Waals surface area contributed by atoms with E-state index < -0.39 is 0 Å². The molecule has 0 saturated heterocycles. The molecule has 19 heavy (non-hydrogen) atoms. The van der Waals surface area contributed by atoms with Gasteiger partial charge in [-0.3, -0.25) is 0 Å². The van der Waals surface area contributed by atoms with Gasteiger partial charge in [0.15, 0.2) is 0 Å². The highest BCUT2D eigenvalue weighted by Crippen LogP contribution is 2.45. The molecular formula is C16H25NO2. The summed E-state index contributed by atoms with van der Waals surface area (Å²) in [6.07, 6.45) is 2.60. The molecule has 0 heterocycles. The van der Waals surface area contributed by atoms with Gasteiger partial charge in [-0.2, -0.15) is 0 Å². The molecule has 1 aromatic rings. The minimum atomic E-state index is 0.265. The van der Waals surface area contributed by atoms with E-state index in [4.69, 9.17) is 9.47 Å². The van der Waals surface area contributed by atoms with E-state index in [1.54, 1.807) is 0 Å². The quantitative estimate of drug-likeness (QED) is 0.767. The van der Waals surface area contributed by atoms with Crippen molar-refractivity contribution in [3.63, 3.8) is 0 Å². The van der Waals surface area contributed by atoms with Crippen molar-refractivity contribution < 1.29 is 9.47 Å². The molecule has 3 heteroatoms. The summed E-state index contributed by atoms with van der Waals surface area (Å²) in [5.74, 6) is 0.908. The topological polar surface area (TPSA) is 30.5 Å². The van der Waals surface area contributed by atoms with Crippen LogP contribution in [0.25, 0.3) is 0 Å². The molecule has 106 valence electrons. The Labute approximate surface area is 116 Å². The number of rotatable bonds is 7. The van der Waals surface area contributed by atoms with E-state index in [0.29, 0.717) is 25.4 Å². The Bertz CT molecular complexity index is 382. The van der Waals surface area contributed by atoms with E-state index >= 15 is 0 Å². The summed E-state index contributed by atoms with van der Waals surface area (Å²) < 4.78 is 11.6. The normalized spacial score (nSPS) is 29.8. The second kappa shape index (κ2) is 6.40. The van der Waals surface area contributed by atoms with Crippen molar-refractivity contribution in [2.75, 3.05) is 20.3 Å². The van der Waals surface area contributed by atoms with Gasteiger partial charge in [0.25, 0.3) is 0 Å². The van der Waals surface area contributed by atoms with Gasteiger partial charge in [0.2, 0.25) is 0 Å². The molecule has 0 radical (unpaired) electrons. The van der Waals surface area contributed by atoms with Crippen LogP contribution in [0.2, 0.25) is 0 Å². The fourth-order valence-electron chi connectivity index (χ4n) is 2.86. The maximum Gasteiger partial charge on any atom is 0.119 e. The van der Waals surface area contributed by atoms with Crippen LogP contribution >= 0.6 is 0 Å². The number of ether oxygens (including phenoxy) is 2. The van der Waals surface area contributed by atoms with E-state index in [2.05, 4.69) is 19.2 Å². The first kappa shape index (κ1) is 14.4. The second-order valence-corrected chi connectivity index (χ2v) is 5.46. The minimum absolute atomic E-state index is 0.265. The van der Waals surface area contributed by atoms with E-state index in [1.807, 2.05) is 37.4 Å². The van der Waals surface area contributed by atoms with Crippen LogP contribution in [-0.4, -0.2) is 32.4 Å². The summed E-state index contributed by atoms with van der Waals surface area (Å²) in [5.41, 5.74) is 0.265. The Balaban J connectivity index is 1.69. The summed E-state index contributed by atoms with van der Waals surface area (Å²) in [6.45, 7) is 5.82. The van der Waals surface area contributed by atoms with Crippen molar-refractivity contribution in [1.82, 2.24) is 5.32 Å². The van der Waals surface area contributed by atoms with Crippen molar-refractivity contribution in [3.05, 3.63) is 30.3 Å². The predicted molar refractivity (Wildman–Crippen MR) is 77.5 cm³/mol. The number of nitrogens with one attached hydrogen (secondary N) is 1. The zero-order chi connectivity index (χ0) is 13.7. The van der Waals surface area contributed by atoms with Crippen molar-refractivity contribution in [1.29, 1.82) is 0 Å². The van der Waals surface area contributed by atoms with E-state index in [1.165, 1.54) is 0 Å². The predicted octanol–water partition coefficient (Wildman–Crippen LogP) is 2.86. The fraction of sp³-hybridized carbons (Fsp3) is 0.625. The first-order valence-corrected chi connectivity index (χ1v) is 7.17. The molecule has 1 saturated carbocycles. The fourth-order valence-corrected chi connectivity index (χ4v) is 2.86. The lowest BCUT2D eigenvalue weighted by Crippen LogP contribution is -2.61. The van der Waals surface area contributed by atoms with Crippen LogP contribution in [0, 0.1) is 5.41 Å². The molecule has 0 aromatic heterocycles. The van der Waals surface area contributed by atoms with Gasteiger partial charge >= 0.3 is 0 Å². The lowest BCUT2D eigenvalue weighted by atomic mass is 9.61. The largest absolute Gasteiger partial charge is 0.491 e. The molecule has 2 rings (SSSR count). The van der Waals surface area contributed by atoms with E-state index in [9.17, 15) is 0 Å². The zero-order valence-electron chi connectivity index (χ0n) is 12.2. The summed E-state index contributed by atoms with van der Waals surface area (Å²) >= 11 is 0. The van der Waals surface area contributed by atoms with Crippen molar-refractivity contribution >= 4 is 0 Å². The third-order valence-corrected chi connectivity index (χ3v) is 4.51. The minimum Gasteiger partial charge on any atom is -0.491 e. The van der Waals surface area contributed by atoms with Gasteiger partial charge in [0.1, 0.15) is 12.4 Å². The van der Waals surface area contributed by atoms with Crippen LogP contribution in [0.15, 0.2) is 30.3 Å². The molecule has 1 N–H and O–H groups in total. The van der Waals surface area contributed by atoms with Gasteiger partial charge in [-0.1, -0.05) is 32.0 Å². The molecule has 1 aromatic carbocycles. The SMILES string of the molecule is CCC1(C)C(NC)CC1OCCOc1ccccc1. The van der Waals surface area contributed by atoms with E-state index in [-0.39, 0.29) is 5.41 Å². The Hall–Kier alpha value is -1.06. The molecule has 1 aliphatic carbocycles. The molecule has 0 amide bonds. The molecule has 3 nitrogen and oxygen atoms in total. The number of hydrogen-bond donors (Lipinski definition) is 1. The molecule has 1 fully saturated rings. The van der Waals surface area contributed by atoms with Crippen LogP contribution in [0.4, 0.5) is 0 Å². The van der Waals surface area contributed by atoms with Crippen molar-refractivity contribution in [3.8, 4) is 5.75 Å². The Kier molecular flexibility index (Phi) is 4.83. The molecule has 0 aliphatic heterocycles. The monoisotopic (exact) mass is 263 g/mol. The van der Waals surface area contributed by atoms with Crippen LogP contribution in [0.3, 0.4) is 0 Å². The lowest BCUT2D eigenvalue weighted by molar-refractivity contribution is -0.131. The Morgan fingerprint density at radius 2 is 2.00 bits per heavy atom. The third kappa shape index (κ3) is 3.10. The zero-order valence-corrected chi connectivity index (χ0v) is 12.2.